The monoisotopic (exact) mass is 399 g/mol. The van der Waals surface area contributed by atoms with Gasteiger partial charge in [0, 0.05) is 25.2 Å². The summed E-state index contributed by atoms with van der Waals surface area (Å²) >= 11 is 0. The Kier molecular flexibility index (Phi) is 6.65. The van der Waals surface area contributed by atoms with E-state index in [1.54, 1.807) is 21.3 Å². The quantitative estimate of drug-likeness (QED) is 0.759. The van der Waals surface area contributed by atoms with Crippen LogP contribution < -0.4 is 19.5 Å². The Hall–Kier alpha value is -2.72. The lowest BCUT2D eigenvalue weighted by Crippen LogP contribution is -2.49. The molecular weight excluding hydrogens is 370 g/mol. The molecule has 1 aromatic carbocycles. The van der Waals surface area contributed by atoms with Gasteiger partial charge in [0.15, 0.2) is 0 Å². The first kappa shape index (κ1) is 21.0. The Morgan fingerprint density at radius 3 is 2.31 bits per heavy atom. The zero-order chi connectivity index (χ0) is 20.9. The van der Waals surface area contributed by atoms with Crippen LogP contribution in [0.1, 0.15) is 37.7 Å². The number of nitrogens with zero attached hydrogens (tertiary/aromatic N) is 2. The van der Waals surface area contributed by atoms with Gasteiger partial charge in [-0.2, -0.15) is 5.26 Å². The van der Waals surface area contributed by atoms with Crippen LogP contribution in [0.25, 0.3) is 5.57 Å². The minimum absolute atomic E-state index is 0.0788. The molecule has 0 saturated heterocycles. The van der Waals surface area contributed by atoms with E-state index < -0.39 is 5.54 Å². The molecule has 1 amide bonds. The zero-order valence-corrected chi connectivity index (χ0v) is 17.4. The summed E-state index contributed by atoms with van der Waals surface area (Å²) in [5.41, 5.74) is 1.38. The Labute approximate surface area is 172 Å². The van der Waals surface area contributed by atoms with Crippen molar-refractivity contribution in [3.63, 3.8) is 0 Å². The van der Waals surface area contributed by atoms with Gasteiger partial charge in [0.25, 0.3) is 0 Å². The maximum atomic E-state index is 12.5. The SMILES string of the molecule is COc1cc(OC)c(C2=CCN(CC(=O)NC3(C#N)CCCC3)CC2)c(OC)c1. The Balaban J connectivity index is 1.68. The number of nitrogens with one attached hydrogen (secondary N) is 1. The van der Waals surface area contributed by atoms with E-state index in [4.69, 9.17) is 14.2 Å². The van der Waals surface area contributed by atoms with Crippen LogP contribution in [0.3, 0.4) is 0 Å². The number of carbonyl (C=O) groups is 1. The van der Waals surface area contributed by atoms with Crippen molar-refractivity contribution in [2.75, 3.05) is 41.0 Å². The van der Waals surface area contributed by atoms with Crippen molar-refractivity contribution in [2.45, 2.75) is 37.6 Å². The van der Waals surface area contributed by atoms with Crippen LogP contribution in [-0.4, -0.2) is 57.3 Å². The zero-order valence-electron chi connectivity index (χ0n) is 17.4. The summed E-state index contributed by atoms with van der Waals surface area (Å²) in [6.07, 6.45) is 6.37. The van der Waals surface area contributed by atoms with Crippen molar-refractivity contribution in [3.05, 3.63) is 23.8 Å². The first-order valence-corrected chi connectivity index (χ1v) is 9.98. The lowest BCUT2D eigenvalue weighted by Gasteiger charge is -2.29. The molecule has 1 saturated carbocycles. The van der Waals surface area contributed by atoms with Crippen molar-refractivity contribution in [1.29, 1.82) is 5.26 Å². The van der Waals surface area contributed by atoms with Gasteiger partial charge in [-0.1, -0.05) is 6.08 Å². The van der Waals surface area contributed by atoms with Crippen molar-refractivity contribution in [1.82, 2.24) is 10.2 Å². The van der Waals surface area contributed by atoms with E-state index in [0.717, 1.165) is 49.8 Å². The van der Waals surface area contributed by atoms with Crippen molar-refractivity contribution in [3.8, 4) is 23.3 Å². The van der Waals surface area contributed by atoms with Crippen LogP contribution in [0, 0.1) is 11.3 Å². The molecule has 1 heterocycles. The summed E-state index contributed by atoms with van der Waals surface area (Å²) in [6, 6.07) is 6.01. The molecule has 7 heteroatoms. The summed E-state index contributed by atoms with van der Waals surface area (Å²) in [5.74, 6) is 2.01. The van der Waals surface area contributed by atoms with E-state index in [9.17, 15) is 10.1 Å². The molecule has 1 fully saturated rings. The highest BCUT2D eigenvalue weighted by Crippen LogP contribution is 2.40. The molecule has 0 radical (unpaired) electrons. The standard InChI is InChI=1S/C22H29N3O4/c1-27-17-12-18(28-2)21(19(13-17)29-3)16-6-10-25(11-7-16)14-20(26)24-22(15-23)8-4-5-9-22/h6,12-13H,4-5,7-11,14H2,1-3H3,(H,24,26). The Morgan fingerprint density at radius 2 is 1.83 bits per heavy atom. The van der Waals surface area contributed by atoms with E-state index in [-0.39, 0.29) is 5.91 Å². The highest BCUT2D eigenvalue weighted by Gasteiger charge is 2.35. The maximum absolute atomic E-state index is 12.5. The fourth-order valence-corrected chi connectivity index (χ4v) is 4.16. The fraction of sp³-hybridized carbons (Fsp3) is 0.545. The largest absolute Gasteiger partial charge is 0.496 e. The van der Waals surface area contributed by atoms with Gasteiger partial charge in [-0.05, 0) is 37.7 Å². The second-order valence-electron chi connectivity index (χ2n) is 7.57. The van der Waals surface area contributed by atoms with Crippen LogP contribution in [0.15, 0.2) is 18.2 Å². The molecular formula is C22H29N3O4. The second-order valence-corrected chi connectivity index (χ2v) is 7.57. The van der Waals surface area contributed by atoms with Gasteiger partial charge >= 0.3 is 0 Å². The molecule has 1 aliphatic heterocycles. The lowest BCUT2D eigenvalue weighted by atomic mass is 9.97. The average Bonchev–Trinajstić information content (AvgIpc) is 3.22. The minimum Gasteiger partial charge on any atom is -0.496 e. The number of hydrogen-bond acceptors (Lipinski definition) is 6. The topological polar surface area (TPSA) is 83.8 Å². The summed E-state index contributed by atoms with van der Waals surface area (Å²) in [7, 11) is 4.87. The normalized spacial score (nSPS) is 18.5. The number of ether oxygens (including phenoxy) is 3. The van der Waals surface area contributed by atoms with Crippen LogP contribution in [-0.2, 0) is 4.79 Å². The predicted octanol–water partition coefficient (Wildman–Crippen LogP) is 2.75. The molecule has 1 N–H and O–H groups in total. The lowest BCUT2D eigenvalue weighted by molar-refractivity contribution is -0.123. The maximum Gasteiger partial charge on any atom is 0.235 e. The summed E-state index contributed by atoms with van der Waals surface area (Å²) in [5, 5.41) is 12.4. The van der Waals surface area contributed by atoms with E-state index in [0.29, 0.717) is 30.3 Å². The molecule has 0 unspecified atom stereocenters. The van der Waals surface area contributed by atoms with Gasteiger partial charge in [-0.15, -0.1) is 0 Å². The van der Waals surface area contributed by atoms with Crippen molar-refractivity contribution >= 4 is 11.5 Å². The third-order valence-corrected chi connectivity index (χ3v) is 5.75. The summed E-state index contributed by atoms with van der Waals surface area (Å²) in [4.78, 5) is 14.6. The molecule has 0 bridgehead atoms. The van der Waals surface area contributed by atoms with Crippen LogP contribution in [0.4, 0.5) is 0 Å². The minimum atomic E-state index is -0.669. The van der Waals surface area contributed by atoms with E-state index in [2.05, 4.69) is 22.4 Å². The highest BCUT2D eigenvalue weighted by molar-refractivity contribution is 5.80. The smallest absolute Gasteiger partial charge is 0.235 e. The predicted molar refractivity (Wildman–Crippen MR) is 110 cm³/mol. The van der Waals surface area contributed by atoms with E-state index in [1.165, 1.54) is 0 Å². The van der Waals surface area contributed by atoms with Gasteiger partial charge in [0.2, 0.25) is 5.91 Å². The number of methoxy groups -OCH3 is 3. The van der Waals surface area contributed by atoms with E-state index >= 15 is 0 Å². The number of hydrogen-bond donors (Lipinski definition) is 1. The summed E-state index contributed by atoms with van der Waals surface area (Å²) in [6.45, 7) is 1.70. The Bertz CT molecular complexity index is 797. The second kappa shape index (κ2) is 9.19. The van der Waals surface area contributed by atoms with Crippen LogP contribution >= 0.6 is 0 Å². The highest BCUT2D eigenvalue weighted by atomic mass is 16.5. The van der Waals surface area contributed by atoms with E-state index in [1.807, 2.05) is 12.1 Å². The van der Waals surface area contributed by atoms with Crippen molar-refractivity contribution in [2.24, 2.45) is 0 Å². The first-order valence-electron chi connectivity index (χ1n) is 9.98. The molecule has 2 aliphatic rings. The number of amides is 1. The molecule has 3 rings (SSSR count). The molecule has 1 aromatic rings. The molecule has 0 aromatic heterocycles. The van der Waals surface area contributed by atoms with Crippen LogP contribution in [0.5, 0.6) is 17.2 Å². The molecule has 7 nitrogen and oxygen atoms in total. The Morgan fingerprint density at radius 1 is 1.17 bits per heavy atom. The van der Waals surface area contributed by atoms with Crippen LogP contribution in [0.2, 0.25) is 0 Å². The molecule has 156 valence electrons. The number of benzene rings is 1. The third kappa shape index (κ3) is 4.65. The van der Waals surface area contributed by atoms with Gasteiger partial charge in [-0.25, -0.2) is 0 Å². The molecule has 0 spiro atoms. The molecule has 29 heavy (non-hydrogen) atoms. The first-order chi connectivity index (χ1) is 14.0. The number of nitriles is 1. The third-order valence-electron chi connectivity index (χ3n) is 5.75. The number of carbonyl (C=O) groups excluding carboxylic acids is 1. The average molecular weight is 399 g/mol. The van der Waals surface area contributed by atoms with Gasteiger partial charge in [0.05, 0.1) is 39.5 Å². The van der Waals surface area contributed by atoms with Gasteiger partial charge < -0.3 is 19.5 Å². The molecule has 1 aliphatic carbocycles. The van der Waals surface area contributed by atoms with Gasteiger partial charge in [-0.3, -0.25) is 9.69 Å². The molecule has 0 atom stereocenters. The fourth-order valence-electron chi connectivity index (χ4n) is 4.16. The van der Waals surface area contributed by atoms with Gasteiger partial charge in [0.1, 0.15) is 22.8 Å². The number of rotatable bonds is 7. The summed E-state index contributed by atoms with van der Waals surface area (Å²) < 4.78 is 16.4. The van der Waals surface area contributed by atoms with Crippen molar-refractivity contribution < 1.29 is 19.0 Å².